The van der Waals surface area contributed by atoms with Crippen molar-refractivity contribution < 1.29 is 4.74 Å². The van der Waals surface area contributed by atoms with Gasteiger partial charge >= 0.3 is 0 Å². The molecule has 0 bridgehead atoms. The van der Waals surface area contributed by atoms with E-state index in [2.05, 4.69) is 44.3 Å². The highest BCUT2D eigenvalue weighted by Crippen LogP contribution is 2.35. The molecule has 1 aliphatic rings. The predicted molar refractivity (Wildman–Crippen MR) is 80.8 cm³/mol. The lowest BCUT2D eigenvalue weighted by Gasteiger charge is -2.29. The van der Waals surface area contributed by atoms with E-state index in [4.69, 9.17) is 4.74 Å². The number of nitrogens with one attached hydrogen (secondary N) is 1. The van der Waals surface area contributed by atoms with Gasteiger partial charge in [-0.25, -0.2) is 0 Å². The van der Waals surface area contributed by atoms with Crippen LogP contribution in [0.3, 0.4) is 0 Å². The molecule has 0 saturated heterocycles. The van der Waals surface area contributed by atoms with Crippen LogP contribution in [0.15, 0.2) is 18.2 Å². The number of fused-ring (bicyclic) bond motifs is 1. The SMILES string of the molecule is CCNC1CCCc2c(OC(CC)CC)cccc21. The van der Waals surface area contributed by atoms with Gasteiger partial charge in [0.05, 0.1) is 6.10 Å². The topological polar surface area (TPSA) is 21.3 Å². The number of benzene rings is 1. The molecular formula is C17H27NO. The lowest BCUT2D eigenvalue weighted by atomic mass is 9.87. The zero-order valence-electron chi connectivity index (χ0n) is 12.5. The van der Waals surface area contributed by atoms with Gasteiger partial charge in [-0.1, -0.05) is 32.9 Å². The summed E-state index contributed by atoms with van der Waals surface area (Å²) in [4.78, 5) is 0. The molecule has 1 aromatic carbocycles. The quantitative estimate of drug-likeness (QED) is 0.827. The molecule has 19 heavy (non-hydrogen) atoms. The highest BCUT2D eigenvalue weighted by Gasteiger charge is 2.22. The Morgan fingerprint density at radius 1 is 1.26 bits per heavy atom. The van der Waals surface area contributed by atoms with E-state index in [9.17, 15) is 0 Å². The summed E-state index contributed by atoms with van der Waals surface area (Å²) in [6.07, 6.45) is 6.18. The van der Waals surface area contributed by atoms with Crippen LogP contribution in [0.25, 0.3) is 0 Å². The van der Waals surface area contributed by atoms with Crippen molar-refractivity contribution in [2.24, 2.45) is 0 Å². The number of hydrogen-bond donors (Lipinski definition) is 1. The molecule has 0 amide bonds. The Hall–Kier alpha value is -1.02. The van der Waals surface area contributed by atoms with E-state index in [-0.39, 0.29) is 0 Å². The van der Waals surface area contributed by atoms with Crippen molar-refractivity contribution in [2.45, 2.75) is 65.0 Å². The second-order valence-corrected chi connectivity index (χ2v) is 5.38. The number of ether oxygens (including phenoxy) is 1. The summed E-state index contributed by atoms with van der Waals surface area (Å²) in [5.74, 6) is 1.12. The molecule has 1 atom stereocenters. The first-order valence-corrected chi connectivity index (χ1v) is 7.81. The zero-order valence-corrected chi connectivity index (χ0v) is 12.5. The highest BCUT2D eigenvalue weighted by atomic mass is 16.5. The van der Waals surface area contributed by atoms with Gasteiger partial charge in [0, 0.05) is 6.04 Å². The molecule has 106 valence electrons. The zero-order chi connectivity index (χ0) is 13.7. The average Bonchev–Trinajstić information content (AvgIpc) is 2.45. The monoisotopic (exact) mass is 261 g/mol. The van der Waals surface area contributed by atoms with Crippen LogP contribution < -0.4 is 10.1 Å². The third kappa shape index (κ3) is 3.30. The molecule has 0 aromatic heterocycles. The summed E-state index contributed by atoms with van der Waals surface area (Å²) in [7, 11) is 0. The lowest BCUT2D eigenvalue weighted by Crippen LogP contribution is -2.25. The Morgan fingerprint density at radius 2 is 2.05 bits per heavy atom. The minimum absolute atomic E-state index is 0.353. The third-order valence-corrected chi connectivity index (χ3v) is 4.12. The second kappa shape index (κ2) is 6.95. The summed E-state index contributed by atoms with van der Waals surface area (Å²) in [6.45, 7) is 7.61. The molecule has 2 heteroatoms. The van der Waals surface area contributed by atoms with Crippen molar-refractivity contribution in [3.63, 3.8) is 0 Å². The molecule has 0 spiro atoms. The van der Waals surface area contributed by atoms with Crippen LogP contribution in [0.2, 0.25) is 0 Å². The fourth-order valence-electron chi connectivity index (χ4n) is 3.02. The maximum absolute atomic E-state index is 6.21. The summed E-state index contributed by atoms with van der Waals surface area (Å²) < 4.78 is 6.21. The molecule has 1 unspecified atom stereocenters. The molecule has 0 radical (unpaired) electrons. The smallest absolute Gasteiger partial charge is 0.123 e. The van der Waals surface area contributed by atoms with E-state index in [0.29, 0.717) is 12.1 Å². The van der Waals surface area contributed by atoms with Crippen LogP contribution in [0.4, 0.5) is 0 Å². The van der Waals surface area contributed by atoms with Gasteiger partial charge in [0.2, 0.25) is 0 Å². The molecule has 1 aliphatic carbocycles. The first kappa shape index (κ1) is 14.4. The normalized spacial score (nSPS) is 18.4. The van der Waals surface area contributed by atoms with Crippen molar-refractivity contribution in [2.75, 3.05) is 6.54 Å². The van der Waals surface area contributed by atoms with Gasteiger partial charge in [-0.05, 0) is 55.8 Å². The van der Waals surface area contributed by atoms with Crippen LogP contribution in [-0.2, 0) is 6.42 Å². The molecule has 0 saturated carbocycles. The maximum Gasteiger partial charge on any atom is 0.123 e. The van der Waals surface area contributed by atoms with Gasteiger partial charge in [-0.3, -0.25) is 0 Å². The Morgan fingerprint density at radius 3 is 2.74 bits per heavy atom. The molecule has 0 fully saturated rings. The second-order valence-electron chi connectivity index (χ2n) is 5.38. The molecule has 2 nitrogen and oxygen atoms in total. The standard InChI is InChI=1S/C17H27NO/c1-4-13(5-2)19-17-12-8-9-14-15(17)10-7-11-16(14)18-6-3/h8-9,12-13,16,18H,4-7,10-11H2,1-3H3. The predicted octanol–water partition coefficient (Wildman–Crippen LogP) is 4.24. The van der Waals surface area contributed by atoms with Crippen LogP contribution in [0.5, 0.6) is 5.75 Å². The van der Waals surface area contributed by atoms with Crippen molar-refractivity contribution >= 4 is 0 Å². The van der Waals surface area contributed by atoms with Crippen LogP contribution >= 0.6 is 0 Å². The lowest BCUT2D eigenvalue weighted by molar-refractivity contribution is 0.190. The molecule has 0 aliphatic heterocycles. The van der Waals surface area contributed by atoms with E-state index in [1.807, 2.05) is 0 Å². The van der Waals surface area contributed by atoms with Crippen molar-refractivity contribution in [3.05, 3.63) is 29.3 Å². The Balaban J connectivity index is 2.24. The molecular weight excluding hydrogens is 234 g/mol. The van der Waals surface area contributed by atoms with Crippen molar-refractivity contribution in [1.29, 1.82) is 0 Å². The van der Waals surface area contributed by atoms with E-state index in [1.165, 1.54) is 24.0 Å². The first-order valence-electron chi connectivity index (χ1n) is 7.81. The van der Waals surface area contributed by atoms with Gasteiger partial charge in [0.15, 0.2) is 0 Å². The largest absolute Gasteiger partial charge is 0.490 e. The maximum atomic E-state index is 6.21. The van der Waals surface area contributed by atoms with Gasteiger partial charge < -0.3 is 10.1 Å². The molecule has 1 N–H and O–H groups in total. The summed E-state index contributed by atoms with van der Waals surface area (Å²) in [5, 5.41) is 3.59. The Labute approximate surface area is 117 Å². The molecule has 2 rings (SSSR count). The van der Waals surface area contributed by atoms with E-state index >= 15 is 0 Å². The van der Waals surface area contributed by atoms with Crippen LogP contribution in [0, 0.1) is 0 Å². The summed E-state index contributed by atoms with van der Waals surface area (Å²) >= 11 is 0. The van der Waals surface area contributed by atoms with E-state index in [1.54, 1.807) is 0 Å². The fraction of sp³-hybridized carbons (Fsp3) is 0.647. The van der Waals surface area contributed by atoms with Gasteiger partial charge in [-0.15, -0.1) is 0 Å². The summed E-state index contributed by atoms with van der Waals surface area (Å²) in [6, 6.07) is 7.07. The average molecular weight is 261 g/mol. The van der Waals surface area contributed by atoms with Gasteiger partial charge in [-0.2, -0.15) is 0 Å². The van der Waals surface area contributed by atoms with Crippen molar-refractivity contribution in [1.82, 2.24) is 5.32 Å². The minimum atomic E-state index is 0.353. The highest BCUT2D eigenvalue weighted by molar-refractivity contribution is 5.43. The van der Waals surface area contributed by atoms with Crippen molar-refractivity contribution in [3.8, 4) is 5.75 Å². The van der Waals surface area contributed by atoms with Crippen LogP contribution in [-0.4, -0.2) is 12.6 Å². The van der Waals surface area contributed by atoms with Gasteiger partial charge in [0.25, 0.3) is 0 Å². The number of rotatable bonds is 6. The molecule has 0 heterocycles. The summed E-state index contributed by atoms with van der Waals surface area (Å²) in [5.41, 5.74) is 2.89. The Bertz CT molecular complexity index is 398. The van der Waals surface area contributed by atoms with E-state index in [0.717, 1.165) is 31.6 Å². The van der Waals surface area contributed by atoms with Crippen LogP contribution in [0.1, 0.15) is 63.6 Å². The molecule has 1 aromatic rings. The first-order chi connectivity index (χ1) is 9.30. The Kier molecular flexibility index (Phi) is 5.26. The van der Waals surface area contributed by atoms with Gasteiger partial charge in [0.1, 0.15) is 5.75 Å². The minimum Gasteiger partial charge on any atom is -0.490 e. The third-order valence-electron chi connectivity index (χ3n) is 4.12. The van der Waals surface area contributed by atoms with E-state index < -0.39 is 0 Å². The fourth-order valence-corrected chi connectivity index (χ4v) is 3.02. The number of hydrogen-bond acceptors (Lipinski definition) is 2.